The fraction of sp³-hybridized carbons (Fsp3) is 0.310. The van der Waals surface area contributed by atoms with Crippen molar-refractivity contribution in [2.75, 3.05) is 22.7 Å². The fourth-order valence-corrected chi connectivity index (χ4v) is 6.01. The number of nitrogens with zero attached hydrogens (tertiary/aromatic N) is 5. The van der Waals surface area contributed by atoms with Crippen LogP contribution in [0.2, 0.25) is 0 Å². The highest BCUT2D eigenvalue weighted by molar-refractivity contribution is 7.80. The summed E-state index contributed by atoms with van der Waals surface area (Å²) in [5.74, 6) is -5.44. The van der Waals surface area contributed by atoms with Crippen molar-refractivity contribution in [3.63, 3.8) is 0 Å². The van der Waals surface area contributed by atoms with E-state index in [2.05, 4.69) is 15.3 Å². The summed E-state index contributed by atoms with van der Waals surface area (Å²) < 4.78 is 123. The number of carboxylic acid groups (broad SMARTS) is 1. The second-order valence-corrected chi connectivity index (χ2v) is 11.7. The van der Waals surface area contributed by atoms with E-state index in [9.17, 15) is 41.0 Å². The van der Waals surface area contributed by atoms with Crippen molar-refractivity contribution in [2.24, 2.45) is 0 Å². The van der Waals surface area contributed by atoms with Gasteiger partial charge in [-0.25, -0.2) is 31.5 Å². The zero-order valence-corrected chi connectivity index (χ0v) is 25.5. The smallest absolute Gasteiger partial charge is 0.416 e. The number of aryl methyl sites for hydroxylation is 1. The first kappa shape index (κ1) is 34.6. The van der Waals surface area contributed by atoms with E-state index in [1.807, 2.05) is 0 Å². The maximum Gasteiger partial charge on any atom is 0.416 e. The SMILES string of the molecule is CCn1c(=O)c(-c2cc(F)c(N(Cc3cccc(C(F)(F)F)c3)S(=O)O)c(F)c2F)cc2cnc(N[C@H]3C[C@H](F)CN(C(=O)O)C3)nc21. The zero-order chi connectivity index (χ0) is 35.1. The van der Waals surface area contributed by atoms with Gasteiger partial charge in [-0.2, -0.15) is 18.2 Å². The quantitative estimate of drug-likeness (QED) is 0.123. The number of anilines is 2. The highest BCUT2D eigenvalue weighted by atomic mass is 32.2. The Balaban J connectivity index is 1.52. The van der Waals surface area contributed by atoms with Crippen LogP contribution in [0, 0.1) is 17.5 Å². The fourth-order valence-electron chi connectivity index (χ4n) is 5.43. The molecule has 1 unspecified atom stereocenters. The lowest BCUT2D eigenvalue weighted by Crippen LogP contribution is -2.49. The molecule has 3 N–H and O–H groups in total. The molecule has 2 aromatic carbocycles. The van der Waals surface area contributed by atoms with Crippen LogP contribution in [0.1, 0.15) is 24.5 Å². The van der Waals surface area contributed by atoms with Crippen LogP contribution in [0.3, 0.4) is 0 Å². The van der Waals surface area contributed by atoms with Crippen molar-refractivity contribution in [1.82, 2.24) is 19.4 Å². The van der Waals surface area contributed by atoms with Crippen LogP contribution >= 0.6 is 0 Å². The number of benzene rings is 2. The van der Waals surface area contributed by atoms with Crippen molar-refractivity contribution in [3.05, 3.63) is 81.5 Å². The minimum absolute atomic E-state index is 0.00682. The molecule has 5 rings (SSSR count). The van der Waals surface area contributed by atoms with Gasteiger partial charge in [-0.3, -0.25) is 18.2 Å². The molecule has 11 nitrogen and oxygen atoms in total. The third-order valence-corrected chi connectivity index (χ3v) is 8.28. The molecule has 2 aromatic heterocycles. The highest BCUT2D eigenvalue weighted by Crippen LogP contribution is 2.35. The van der Waals surface area contributed by atoms with Gasteiger partial charge < -0.3 is 15.3 Å². The van der Waals surface area contributed by atoms with Crippen LogP contribution in [0.5, 0.6) is 0 Å². The summed E-state index contributed by atoms with van der Waals surface area (Å²) in [4.78, 5) is 34.1. The number of amides is 1. The Hall–Kier alpha value is -4.78. The molecule has 0 saturated carbocycles. The highest BCUT2D eigenvalue weighted by Gasteiger charge is 2.33. The molecule has 48 heavy (non-hydrogen) atoms. The van der Waals surface area contributed by atoms with E-state index in [1.54, 1.807) is 0 Å². The minimum atomic E-state index is -4.78. The number of rotatable bonds is 8. The van der Waals surface area contributed by atoms with Gasteiger partial charge in [0.15, 0.2) is 17.5 Å². The maximum absolute atomic E-state index is 15.6. The number of fused-ring (bicyclic) bond motifs is 1. The largest absolute Gasteiger partial charge is 0.465 e. The van der Waals surface area contributed by atoms with Gasteiger partial charge >= 0.3 is 12.3 Å². The van der Waals surface area contributed by atoms with Gasteiger partial charge in [-0.1, -0.05) is 12.1 Å². The number of hydrogen-bond acceptors (Lipinski definition) is 6. The second-order valence-electron chi connectivity index (χ2n) is 10.8. The lowest BCUT2D eigenvalue weighted by atomic mass is 10.0. The number of alkyl halides is 4. The summed E-state index contributed by atoms with van der Waals surface area (Å²) in [5.41, 5.74) is -5.08. The average Bonchev–Trinajstić information content (AvgIpc) is 3.01. The van der Waals surface area contributed by atoms with Crippen molar-refractivity contribution in [2.45, 2.75) is 44.8 Å². The molecule has 1 aliphatic rings. The number of hydrogen-bond donors (Lipinski definition) is 3. The van der Waals surface area contributed by atoms with E-state index in [1.165, 1.54) is 13.1 Å². The normalized spacial score (nSPS) is 17.4. The standard InChI is InChI=1S/C29H25F7N6O5S/c1-2-41-25-15(10-37-27(39-25)38-18-8-17(30)12-40(13-18)28(44)45)7-20(26(41)43)19-9-21(31)24(23(33)22(19)32)42(48(46)47)11-14-4-3-5-16(6-14)29(34,35)36/h3-7,9-10,17-18H,2,8,11-13H2,1H3,(H,44,45)(H,46,47)(H,37,38,39)/t17-,18-/m0/s1. The Morgan fingerprint density at radius 3 is 2.50 bits per heavy atom. The summed E-state index contributed by atoms with van der Waals surface area (Å²) in [6.07, 6.45) is -6.38. The van der Waals surface area contributed by atoms with Gasteiger partial charge in [0.1, 0.15) is 17.5 Å². The zero-order valence-electron chi connectivity index (χ0n) is 24.6. The van der Waals surface area contributed by atoms with Crippen molar-refractivity contribution >= 4 is 40.0 Å². The summed E-state index contributed by atoms with van der Waals surface area (Å²) in [6.45, 7) is 0.176. The third-order valence-electron chi connectivity index (χ3n) is 7.59. The van der Waals surface area contributed by atoms with Gasteiger partial charge in [0.25, 0.3) is 16.8 Å². The van der Waals surface area contributed by atoms with E-state index >= 15 is 13.2 Å². The maximum atomic E-state index is 15.6. The first-order chi connectivity index (χ1) is 22.6. The Morgan fingerprint density at radius 2 is 1.85 bits per heavy atom. The Morgan fingerprint density at radius 1 is 1.12 bits per heavy atom. The van der Waals surface area contributed by atoms with Crippen molar-refractivity contribution in [3.8, 4) is 11.1 Å². The van der Waals surface area contributed by atoms with Crippen LogP contribution in [0.15, 0.2) is 47.4 Å². The Kier molecular flexibility index (Phi) is 9.63. The van der Waals surface area contributed by atoms with Crippen LogP contribution in [0.4, 0.5) is 47.2 Å². The molecule has 1 aliphatic heterocycles. The van der Waals surface area contributed by atoms with Gasteiger partial charge in [0, 0.05) is 42.7 Å². The van der Waals surface area contributed by atoms with Gasteiger partial charge in [-0.05, 0) is 36.8 Å². The number of aromatic nitrogens is 3. The minimum Gasteiger partial charge on any atom is -0.465 e. The number of piperidine rings is 1. The molecule has 1 amide bonds. The number of halogens is 7. The predicted molar refractivity (Wildman–Crippen MR) is 160 cm³/mol. The molecular formula is C29H25F7N6O5S. The van der Waals surface area contributed by atoms with Crippen LogP contribution in [-0.4, -0.2) is 64.7 Å². The van der Waals surface area contributed by atoms with Gasteiger partial charge in [0.05, 0.1) is 24.2 Å². The third kappa shape index (κ3) is 6.91. The molecule has 3 atom stereocenters. The van der Waals surface area contributed by atoms with E-state index in [-0.39, 0.29) is 52.9 Å². The molecule has 0 bridgehead atoms. The molecule has 3 heterocycles. The molecule has 0 radical (unpaired) electrons. The molecular weight excluding hydrogens is 677 g/mol. The van der Waals surface area contributed by atoms with Crippen molar-refractivity contribution < 1.29 is 49.4 Å². The number of pyridine rings is 1. The van der Waals surface area contributed by atoms with E-state index in [0.29, 0.717) is 12.1 Å². The lowest BCUT2D eigenvalue weighted by molar-refractivity contribution is -0.137. The summed E-state index contributed by atoms with van der Waals surface area (Å²) in [6, 6.07) is 4.20. The van der Waals surface area contributed by atoms with E-state index < -0.39 is 87.7 Å². The first-order valence-electron chi connectivity index (χ1n) is 14.1. The molecule has 4 aromatic rings. The topological polar surface area (TPSA) is 141 Å². The van der Waals surface area contributed by atoms with Gasteiger partial charge in [-0.15, -0.1) is 0 Å². The Bertz CT molecular complexity index is 1980. The monoisotopic (exact) mass is 702 g/mol. The van der Waals surface area contributed by atoms with Gasteiger partial charge in [0.2, 0.25) is 5.95 Å². The molecule has 1 saturated heterocycles. The van der Waals surface area contributed by atoms with Crippen LogP contribution in [0.25, 0.3) is 22.2 Å². The van der Waals surface area contributed by atoms with E-state index in [0.717, 1.165) is 33.7 Å². The summed E-state index contributed by atoms with van der Waals surface area (Å²) >= 11 is -3.24. The number of carbonyl (C=O) groups is 1. The average molecular weight is 703 g/mol. The lowest BCUT2D eigenvalue weighted by Gasteiger charge is -2.33. The molecule has 256 valence electrons. The molecule has 0 aliphatic carbocycles. The van der Waals surface area contributed by atoms with E-state index in [4.69, 9.17) is 0 Å². The predicted octanol–water partition coefficient (Wildman–Crippen LogP) is 5.56. The summed E-state index contributed by atoms with van der Waals surface area (Å²) in [5, 5.41) is 12.2. The van der Waals surface area contributed by atoms with Crippen LogP contribution in [-0.2, 0) is 30.5 Å². The summed E-state index contributed by atoms with van der Waals surface area (Å²) in [7, 11) is 0. The van der Waals surface area contributed by atoms with Crippen LogP contribution < -0.4 is 15.2 Å². The van der Waals surface area contributed by atoms with Crippen molar-refractivity contribution in [1.29, 1.82) is 0 Å². The molecule has 1 fully saturated rings. The number of nitrogens with one attached hydrogen (secondary N) is 1. The molecule has 19 heteroatoms. The molecule has 0 spiro atoms. The Labute approximate surface area is 269 Å². The first-order valence-corrected chi connectivity index (χ1v) is 15.2. The number of likely N-dealkylation sites (tertiary alicyclic amines) is 1. The second kappa shape index (κ2) is 13.4.